The maximum atomic E-state index is 12.4. The molecule has 3 rings (SSSR count). The Balaban J connectivity index is 1.56. The van der Waals surface area contributed by atoms with E-state index >= 15 is 0 Å². The molecule has 0 radical (unpaired) electrons. The van der Waals surface area contributed by atoms with Gasteiger partial charge in [0.2, 0.25) is 5.91 Å². The van der Waals surface area contributed by atoms with Crippen LogP contribution in [0.15, 0.2) is 30.9 Å². The van der Waals surface area contributed by atoms with Gasteiger partial charge in [-0.2, -0.15) is 10.2 Å². The number of aromatic nitrogens is 4. The van der Waals surface area contributed by atoms with Crippen LogP contribution in [0.5, 0.6) is 5.75 Å². The molecule has 8 nitrogen and oxygen atoms in total. The fourth-order valence-corrected chi connectivity index (χ4v) is 2.64. The van der Waals surface area contributed by atoms with E-state index in [1.165, 1.54) is 0 Å². The summed E-state index contributed by atoms with van der Waals surface area (Å²) >= 11 is 0. The maximum Gasteiger partial charge on any atom is 0.224 e. The van der Waals surface area contributed by atoms with E-state index in [2.05, 4.69) is 10.2 Å². The van der Waals surface area contributed by atoms with Crippen molar-refractivity contribution in [2.24, 2.45) is 7.05 Å². The first kappa shape index (κ1) is 15.5. The fraction of sp³-hybridized carbons (Fsp3) is 0.533. The molecule has 1 aliphatic heterocycles. The van der Waals surface area contributed by atoms with Gasteiger partial charge in [-0.3, -0.25) is 14.2 Å². The van der Waals surface area contributed by atoms with Crippen molar-refractivity contribution < 1.29 is 14.3 Å². The normalized spacial score (nSPS) is 20.6. The second kappa shape index (κ2) is 6.82. The molecule has 8 heteroatoms. The standard InChI is InChI=1S/C15H21N5O3/c1-18-9-12(8-17-18)23-14-11-22-10-13(14)19(2)15(21)4-7-20-6-3-5-16-20/h3,5-6,8-9,13-14H,4,7,10-11H2,1-2H3/t13-,14+/m0/s1. The summed E-state index contributed by atoms with van der Waals surface area (Å²) in [7, 11) is 3.63. The molecule has 3 heterocycles. The van der Waals surface area contributed by atoms with Gasteiger partial charge in [0, 0.05) is 39.5 Å². The van der Waals surface area contributed by atoms with E-state index in [4.69, 9.17) is 9.47 Å². The predicted molar refractivity (Wildman–Crippen MR) is 81.8 cm³/mol. The van der Waals surface area contributed by atoms with Crippen molar-refractivity contribution in [3.05, 3.63) is 30.9 Å². The maximum absolute atomic E-state index is 12.4. The number of hydrogen-bond acceptors (Lipinski definition) is 5. The summed E-state index contributed by atoms with van der Waals surface area (Å²) in [6.45, 7) is 1.52. The Hall–Kier alpha value is -2.35. The zero-order valence-corrected chi connectivity index (χ0v) is 13.3. The molecule has 2 aromatic rings. The zero-order chi connectivity index (χ0) is 16.2. The molecule has 1 aliphatic rings. The van der Waals surface area contributed by atoms with Crippen molar-refractivity contribution in [2.75, 3.05) is 20.3 Å². The van der Waals surface area contributed by atoms with Crippen molar-refractivity contribution in [1.82, 2.24) is 24.5 Å². The summed E-state index contributed by atoms with van der Waals surface area (Å²) in [5.74, 6) is 0.737. The monoisotopic (exact) mass is 319 g/mol. The minimum absolute atomic E-state index is 0.0517. The Kier molecular flexibility index (Phi) is 4.61. The summed E-state index contributed by atoms with van der Waals surface area (Å²) in [6, 6.07) is 1.75. The number of aryl methyl sites for hydroxylation is 2. The SMILES string of the molecule is CN(C(=O)CCn1cccn1)[C@H]1COC[C@H]1Oc1cnn(C)c1. The molecule has 23 heavy (non-hydrogen) atoms. The van der Waals surface area contributed by atoms with E-state index in [1.54, 1.807) is 39.9 Å². The molecule has 2 aromatic heterocycles. The zero-order valence-electron chi connectivity index (χ0n) is 13.3. The van der Waals surface area contributed by atoms with E-state index < -0.39 is 0 Å². The minimum atomic E-state index is -0.183. The molecule has 1 amide bonds. The Bertz CT molecular complexity index is 639. The van der Waals surface area contributed by atoms with Gasteiger partial charge in [0.1, 0.15) is 6.10 Å². The fourth-order valence-electron chi connectivity index (χ4n) is 2.64. The van der Waals surface area contributed by atoms with Crippen molar-refractivity contribution in [2.45, 2.75) is 25.1 Å². The highest BCUT2D eigenvalue weighted by Crippen LogP contribution is 2.20. The second-order valence-electron chi connectivity index (χ2n) is 5.63. The van der Waals surface area contributed by atoms with E-state index in [0.29, 0.717) is 31.9 Å². The molecule has 124 valence electrons. The number of amides is 1. The van der Waals surface area contributed by atoms with Crippen LogP contribution < -0.4 is 4.74 Å². The van der Waals surface area contributed by atoms with Crippen LogP contribution in [0.4, 0.5) is 0 Å². The highest BCUT2D eigenvalue weighted by atomic mass is 16.5. The van der Waals surface area contributed by atoms with Crippen molar-refractivity contribution in [1.29, 1.82) is 0 Å². The van der Waals surface area contributed by atoms with Gasteiger partial charge in [-0.15, -0.1) is 0 Å². The summed E-state index contributed by atoms with van der Waals surface area (Å²) in [5.41, 5.74) is 0. The van der Waals surface area contributed by atoms with Crippen LogP contribution in [0.1, 0.15) is 6.42 Å². The van der Waals surface area contributed by atoms with Gasteiger partial charge in [0.05, 0.1) is 31.6 Å². The molecular formula is C15H21N5O3. The van der Waals surface area contributed by atoms with Crippen molar-refractivity contribution in [3.8, 4) is 5.75 Å². The van der Waals surface area contributed by atoms with Crippen LogP contribution in [0, 0.1) is 0 Å². The van der Waals surface area contributed by atoms with Crippen molar-refractivity contribution >= 4 is 5.91 Å². The Labute approximate surface area is 134 Å². The molecule has 0 aromatic carbocycles. The number of carbonyl (C=O) groups excluding carboxylic acids is 1. The molecule has 0 unspecified atom stereocenters. The number of carbonyl (C=O) groups is 1. The van der Waals surface area contributed by atoms with E-state index in [0.717, 1.165) is 0 Å². The van der Waals surface area contributed by atoms with Gasteiger partial charge < -0.3 is 14.4 Å². The van der Waals surface area contributed by atoms with Crippen molar-refractivity contribution in [3.63, 3.8) is 0 Å². The van der Waals surface area contributed by atoms with E-state index in [9.17, 15) is 4.79 Å². The van der Waals surface area contributed by atoms with Crippen LogP contribution in [-0.4, -0.2) is 62.8 Å². The first-order valence-electron chi connectivity index (χ1n) is 7.59. The Morgan fingerprint density at radius 3 is 3.04 bits per heavy atom. The lowest BCUT2D eigenvalue weighted by Crippen LogP contribution is -2.46. The smallest absolute Gasteiger partial charge is 0.224 e. The lowest BCUT2D eigenvalue weighted by molar-refractivity contribution is -0.133. The van der Waals surface area contributed by atoms with Crippen LogP contribution in [0.2, 0.25) is 0 Å². The van der Waals surface area contributed by atoms with Crippen LogP contribution in [0.3, 0.4) is 0 Å². The molecule has 0 N–H and O–H groups in total. The number of nitrogens with zero attached hydrogens (tertiary/aromatic N) is 5. The minimum Gasteiger partial charge on any atom is -0.482 e. The summed E-state index contributed by atoms with van der Waals surface area (Å²) < 4.78 is 14.8. The lowest BCUT2D eigenvalue weighted by atomic mass is 10.1. The van der Waals surface area contributed by atoms with Gasteiger partial charge in [0.25, 0.3) is 0 Å². The van der Waals surface area contributed by atoms with Gasteiger partial charge in [0.15, 0.2) is 5.75 Å². The largest absolute Gasteiger partial charge is 0.482 e. The number of rotatable bonds is 6. The van der Waals surface area contributed by atoms with E-state index in [-0.39, 0.29) is 18.1 Å². The molecular weight excluding hydrogens is 298 g/mol. The summed E-state index contributed by atoms with van der Waals surface area (Å²) in [5, 5.41) is 8.19. The van der Waals surface area contributed by atoms with Gasteiger partial charge >= 0.3 is 0 Å². The third kappa shape index (κ3) is 3.70. The average Bonchev–Trinajstić information content (AvgIpc) is 3.27. The predicted octanol–water partition coefficient (Wildman–Crippen LogP) is 0.311. The van der Waals surface area contributed by atoms with E-state index in [1.807, 2.05) is 19.3 Å². The quantitative estimate of drug-likeness (QED) is 0.766. The number of ether oxygens (including phenoxy) is 2. The molecule has 0 spiro atoms. The third-order valence-corrected chi connectivity index (χ3v) is 3.97. The first-order valence-corrected chi connectivity index (χ1v) is 7.59. The number of hydrogen-bond donors (Lipinski definition) is 0. The third-order valence-electron chi connectivity index (χ3n) is 3.97. The highest BCUT2D eigenvalue weighted by Gasteiger charge is 2.35. The molecule has 0 bridgehead atoms. The molecule has 0 aliphatic carbocycles. The molecule has 0 saturated carbocycles. The Morgan fingerprint density at radius 2 is 2.35 bits per heavy atom. The van der Waals surface area contributed by atoms with Gasteiger partial charge in [-0.05, 0) is 6.07 Å². The highest BCUT2D eigenvalue weighted by molar-refractivity contribution is 5.76. The van der Waals surface area contributed by atoms with Gasteiger partial charge in [-0.25, -0.2) is 0 Å². The molecule has 2 atom stereocenters. The Morgan fingerprint density at radius 1 is 1.48 bits per heavy atom. The lowest BCUT2D eigenvalue weighted by Gasteiger charge is -2.28. The van der Waals surface area contributed by atoms with Crippen LogP contribution >= 0.6 is 0 Å². The van der Waals surface area contributed by atoms with Crippen LogP contribution in [0.25, 0.3) is 0 Å². The summed E-state index contributed by atoms with van der Waals surface area (Å²) in [4.78, 5) is 14.1. The molecule has 1 saturated heterocycles. The molecule has 1 fully saturated rings. The van der Waals surface area contributed by atoms with Crippen LogP contribution in [-0.2, 0) is 23.1 Å². The van der Waals surface area contributed by atoms with Gasteiger partial charge in [-0.1, -0.05) is 0 Å². The topological polar surface area (TPSA) is 74.4 Å². The average molecular weight is 319 g/mol. The summed E-state index contributed by atoms with van der Waals surface area (Å²) in [6.07, 6.45) is 7.23. The second-order valence-corrected chi connectivity index (χ2v) is 5.63. The number of likely N-dealkylation sites (N-methyl/N-ethyl adjacent to an activating group) is 1. The first-order chi connectivity index (χ1) is 11.1.